The minimum Gasteiger partial charge on any atom is -0.372 e. The third-order valence-electron chi connectivity index (χ3n) is 4.72. The van der Waals surface area contributed by atoms with Crippen LogP contribution in [0.2, 0.25) is 5.02 Å². The molecule has 2 heterocycles. The minimum atomic E-state index is -4.18. The predicted molar refractivity (Wildman–Crippen MR) is 120 cm³/mol. The van der Waals surface area contributed by atoms with Crippen molar-refractivity contribution < 1.29 is 12.8 Å². The van der Waals surface area contributed by atoms with Crippen molar-refractivity contribution in [3.05, 3.63) is 52.1 Å². The maximum atomic E-state index is 15.3. The summed E-state index contributed by atoms with van der Waals surface area (Å²) >= 11 is 7.58. The van der Waals surface area contributed by atoms with E-state index in [1.54, 1.807) is 4.90 Å². The zero-order valence-electron chi connectivity index (χ0n) is 16.2. The highest BCUT2D eigenvalue weighted by molar-refractivity contribution is 7.92. The van der Waals surface area contributed by atoms with E-state index in [1.165, 1.54) is 22.2 Å². The number of aromatic nitrogens is 1. The number of hydrogen-bond donors (Lipinski definition) is 2. The quantitative estimate of drug-likeness (QED) is 0.379. The summed E-state index contributed by atoms with van der Waals surface area (Å²) in [7, 11) is -0.368. The van der Waals surface area contributed by atoms with Gasteiger partial charge in [-0.2, -0.15) is 0 Å². The zero-order valence-corrected chi connectivity index (χ0v) is 18.6. The molecule has 158 valence electrons. The third-order valence-corrected chi connectivity index (χ3v) is 6.95. The molecule has 0 radical (unpaired) electrons. The minimum absolute atomic E-state index is 0.133. The van der Waals surface area contributed by atoms with Crippen LogP contribution >= 0.6 is 22.9 Å². The summed E-state index contributed by atoms with van der Waals surface area (Å²) in [6.07, 6.45) is 0. The summed E-state index contributed by atoms with van der Waals surface area (Å²) in [5.74, 6) is -0.710. The van der Waals surface area contributed by atoms with Crippen LogP contribution < -0.4 is 19.8 Å². The Kier molecular flexibility index (Phi) is 5.58. The van der Waals surface area contributed by atoms with Crippen molar-refractivity contribution in [1.29, 1.82) is 0 Å². The molecule has 1 aliphatic rings. The van der Waals surface area contributed by atoms with Crippen molar-refractivity contribution in [2.75, 3.05) is 41.7 Å². The molecule has 2 aromatic carbocycles. The number of hydrogen-bond acceptors (Lipinski definition) is 7. The molecule has 3 aromatic rings. The highest BCUT2D eigenvalue weighted by atomic mass is 35.5. The van der Waals surface area contributed by atoms with Crippen LogP contribution in [0, 0.1) is 5.82 Å². The Morgan fingerprint density at radius 1 is 1.30 bits per heavy atom. The van der Waals surface area contributed by atoms with Gasteiger partial charge in [0.05, 0.1) is 27.6 Å². The first-order valence-corrected chi connectivity index (χ1v) is 11.8. The molecular weight excluding hydrogens is 449 g/mol. The molecule has 4 rings (SSSR count). The molecule has 0 aliphatic carbocycles. The summed E-state index contributed by atoms with van der Waals surface area (Å²) in [6, 6.07) is 8.66. The number of rotatable bonds is 8. The van der Waals surface area contributed by atoms with E-state index < -0.39 is 20.7 Å². The number of nitrogens with one attached hydrogen (secondary N) is 2. The Hall–Kier alpha value is -2.40. The van der Waals surface area contributed by atoms with Crippen molar-refractivity contribution >= 4 is 61.5 Å². The van der Waals surface area contributed by atoms with Crippen molar-refractivity contribution in [2.24, 2.45) is 0 Å². The van der Waals surface area contributed by atoms with Crippen molar-refractivity contribution in [3.63, 3.8) is 0 Å². The summed E-state index contributed by atoms with van der Waals surface area (Å²) in [4.78, 5) is 7.06. The SMILES string of the molecule is CNCCN(C)c1ccccc1N1c2c(Cl)cc(S(=O)(=O)Nc3cscn3)c(F)c21. The van der Waals surface area contributed by atoms with E-state index in [4.69, 9.17) is 11.6 Å². The van der Waals surface area contributed by atoms with Gasteiger partial charge >= 0.3 is 0 Å². The van der Waals surface area contributed by atoms with Gasteiger partial charge in [0.2, 0.25) is 0 Å². The highest BCUT2D eigenvalue weighted by Crippen LogP contribution is 2.61. The van der Waals surface area contributed by atoms with Crippen LogP contribution in [-0.2, 0) is 10.0 Å². The molecule has 0 unspecified atom stereocenters. The molecule has 30 heavy (non-hydrogen) atoms. The van der Waals surface area contributed by atoms with E-state index in [2.05, 4.69) is 15.0 Å². The van der Waals surface area contributed by atoms with Gasteiger partial charge in [-0.15, -0.1) is 11.3 Å². The number of fused-ring (bicyclic) bond motifs is 1. The number of likely N-dealkylation sites (N-methyl/N-ethyl adjacent to an activating group) is 2. The van der Waals surface area contributed by atoms with E-state index in [-0.39, 0.29) is 16.5 Å². The molecule has 0 bridgehead atoms. The molecule has 11 heteroatoms. The molecule has 2 N–H and O–H groups in total. The topological polar surface area (TPSA) is 77.3 Å². The van der Waals surface area contributed by atoms with Gasteiger partial charge < -0.3 is 15.1 Å². The fraction of sp³-hybridized carbons (Fsp3) is 0.211. The second kappa shape index (κ2) is 8.03. The van der Waals surface area contributed by atoms with Gasteiger partial charge in [0.25, 0.3) is 10.0 Å². The molecular formula is C19H19ClFN5O2S2. The Bertz CT molecular complexity index is 1190. The van der Waals surface area contributed by atoms with Crippen LogP contribution in [0.25, 0.3) is 0 Å². The molecule has 0 fully saturated rings. The van der Waals surface area contributed by atoms with Crippen LogP contribution in [-0.4, -0.2) is 40.6 Å². The second-order valence-electron chi connectivity index (χ2n) is 6.70. The van der Waals surface area contributed by atoms with Crippen LogP contribution in [0.5, 0.6) is 0 Å². The molecule has 7 nitrogen and oxygen atoms in total. The van der Waals surface area contributed by atoms with Crippen molar-refractivity contribution in [2.45, 2.75) is 4.90 Å². The van der Waals surface area contributed by atoms with Gasteiger partial charge in [0.1, 0.15) is 10.6 Å². The van der Waals surface area contributed by atoms with Crippen molar-refractivity contribution in [3.8, 4) is 0 Å². The number of para-hydroxylation sites is 2. The number of thiazole rings is 1. The molecule has 0 atom stereocenters. The number of halogens is 2. The molecule has 0 amide bonds. The van der Waals surface area contributed by atoms with Gasteiger partial charge in [-0.1, -0.05) is 23.7 Å². The maximum absolute atomic E-state index is 15.3. The van der Waals surface area contributed by atoms with Gasteiger partial charge in [-0.05, 0) is 25.2 Å². The Morgan fingerprint density at radius 2 is 2.07 bits per heavy atom. The fourth-order valence-corrected chi connectivity index (χ4v) is 5.23. The molecule has 0 saturated carbocycles. The van der Waals surface area contributed by atoms with Crippen molar-refractivity contribution in [1.82, 2.24) is 10.3 Å². The standard InChI is InChI=1S/C19H19ClFN5O2S2/c1-22-7-8-25(2)13-5-3-4-6-14(13)26-18-12(20)9-15(17(21)19(18)26)30(27,28)24-16-10-29-11-23-16/h3-6,9-11,22,24H,7-8H2,1-2H3. The average Bonchev–Trinajstić information content (AvgIpc) is 3.29. The van der Waals surface area contributed by atoms with Gasteiger partial charge in [0, 0.05) is 25.5 Å². The van der Waals surface area contributed by atoms with Gasteiger partial charge in [-0.3, -0.25) is 4.72 Å². The van der Waals surface area contributed by atoms with E-state index in [1.807, 2.05) is 43.3 Å². The molecule has 0 spiro atoms. The number of anilines is 5. The van der Waals surface area contributed by atoms with E-state index in [0.717, 1.165) is 30.5 Å². The summed E-state index contributed by atoms with van der Waals surface area (Å²) in [6.45, 7) is 1.52. The van der Waals surface area contributed by atoms with E-state index in [9.17, 15) is 8.42 Å². The van der Waals surface area contributed by atoms with Crippen LogP contribution in [0.1, 0.15) is 0 Å². The lowest BCUT2D eigenvalue weighted by molar-refractivity contribution is 0.574. The smallest absolute Gasteiger partial charge is 0.266 e. The van der Waals surface area contributed by atoms with E-state index in [0.29, 0.717) is 5.69 Å². The molecule has 1 aliphatic heterocycles. The summed E-state index contributed by atoms with van der Waals surface area (Å²) in [5, 5.41) is 4.78. The Labute approximate surface area is 183 Å². The first-order chi connectivity index (χ1) is 14.3. The summed E-state index contributed by atoms with van der Waals surface area (Å²) in [5.41, 5.74) is 3.72. The monoisotopic (exact) mass is 467 g/mol. The van der Waals surface area contributed by atoms with Gasteiger partial charge in [-0.25, -0.2) is 17.8 Å². The first kappa shape index (κ1) is 20.9. The maximum Gasteiger partial charge on any atom is 0.266 e. The molecule has 1 aromatic heterocycles. The third kappa shape index (κ3) is 3.71. The van der Waals surface area contributed by atoms with E-state index >= 15 is 4.39 Å². The molecule has 0 saturated heterocycles. The Morgan fingerprint density at radius 3 is 2.77 bits per heavy atom. The largest absolute Gasteiger partial charge is 0.372 e. The van der Waals surface area contributed by atoms with Crippen LogP contribution in [0.4, 0.5) is 33.0 Å². The summed E-state index contributed by atoms with van der Waals surface area (Å²) < 4.78 is 43.0. The second-order valence-corrected chi connectivity index (χ2v) is 9.47. The zero-order chi connectivity index (χ0) is 21.5. The van der Waals surface area contributed by atoms with Crippen LogP contribution in [0.3, 0.4) is 0 Å². The fourth-order valence-electron chi connectivity index (χ4n) is 3.22. The first-order valence-electron chi connectivity index (χ1n) is 9.03. The lowest BCUT2D eigenvalue weighted by atomic mass is 10.2. The lowest BCUT2D eigenvalue weighted by Crippen LogP contribution is -2.27. The average molecular weight is 468 g/mol. The number of sulfonamides is 1. The number of benzene rings is 2. The van der Waals surface area contributed by atoms with Crippen LogP contribution in [0.15, 0.2) is 46.1 Å². The highest BCUT2D eigenvalue weighted by Gasteiger charge is 2.42. The number of nitrogens with zero attached hydrogens (tertiary/aromatic N) is 3. The normalized spacial score (nSPS) is 12.6. The lowest BCUT2D eigenvalue weighted by Gasteiger charge is -2.23. The van der Waals surface area contributed by atoms with Gasteiger partial charge in [0.15, 0.2) is 11.6 Å². The Balaban J connectivity index is 1.71. The predicted octanol–water partition coefficient (Wildman–Crippen LogP) is 4.18.